The zero-order chi connectivity index (χ0) is 36.4. The summed E-state index contributed by atoms with van der Waals surface area (Å²) in [6.07, 6.45) is -0.0862. The molecule has 1 spiro atoms. The third-order valence-electron chi connectivity index (χ3n) is 9.70. The third-order valence-corrected chi connectivity index (χ3v) is 9.70. The highest BCUT2D eigenvalue weighted by molar-refractivity contribution is 5.93. The largest absolute Gasteiger partial charge is 0.469 e. The number of aliphatic hydroxyl groups is 1. The number of hydrogen-bond acceptors (Lipinski definition) is 10. The predicted octanol–water partition coefficient (Wildman–Crippen LogP) is 4.40. The quantitative estimate of drug-likeness (QED) is 0.194. The van der Waals surface area contributed by atoms with Crippen molar-refractivity contribution < 1.29 is 33.1 Å². The number of amides is 3. The number of aromatic nitrogens is 2. The fraction of sp³-hybridized carbons (Fsp3) is 0.447. The lowest BCUT2D eigenvalue weighted by atomic mass is 9.72. The maximum absolute atomic E-state index is 14.1. The fourth-order valence-corrected chi connectivity index (χ4v) is 7.09. The molecule has 268 valence electrons. The molecule has 3 aliphatic rings. The van der Waals surface area contributed by atoms with Crippen LogP contribution in [0.5, 0.6) is 5.75 Å². The first-order valence-electron chi connectivity index (χ1n) is 17.4. The second-order valence-corrected chi connectivity index (χ2v) is 15.4. The molecule has 5 atom stereocenters. The van der Waals surface area contributed by atoms with E-state index in [-0.39, 0.29) is 42.2 Å². The van der Waals surface area contributed by atoms with Crippen molar-refractivity contribution in [1.29, 1.82) is 0 Å². The minimum Gasteiger partial charge on any atom is -0.469 e. The van der Waals surface area contributed by atoms with E-state index in [0.29, 0.717) is 17.2 Å². The normalized spacial score (nSPS) is 22.8. The maximum Gasteiger partial charge on any atom is 0.273 e. The van der Waals surface area contributed by atoms with Gasteiger partial charge >= 0.3 is 0 Å². The molecule has 7 rings (SSSR count). The molecule has 0 saturated heterocycles. The van der Waals surface area contributed by atoms with Gasteiger partial charge in [-0.3, -0.25) is 14.4 Å². The van der Waals surface area contributed by atoms with Gasteiger partial charge in [0.1, 0.15) is 36.0 Å². The number of nitrogens with zero attached hydrogens (tertiary/aromatic N) is 2. The molecule has 2 unspecified atom stereocenters. The highest BCUT2D eigenvalue weighted by Crippen LogP contribution is 2.56. The summed E-state index contributed by atoms with van der Waals surface area (Å²) in [5.41, 5.74) is 2.64. The molecule has 13 heteroatoms. The average molecular weight is 697 g/mol. The third kappa shape index (κ3) is 6.13. The lowest BCUT2D eigenvalue weighted by Crippen LogP contribution is -2.52. The summed E-state index contributed by atoms with van der Waals surface area (Å²) in [5.74, 6) is -0.644. The van der Waals surface area contributed by atoms with Gasteiger partial charge in [-0.25, -0.2) is 9.97 Å². The van der Waals surface area contributed by atoms with Gasteiger partial charge in [-0.1, -0.05) is 58.0 Å². The SMILES string of the molecule is CC(C)[C@H](O)C(=O)N[C@H]1Cc2ccc3c(c2)C2(Cc4oc(nc4-c4nc(C(=O)NC(C)(C)C)co4)[C@H](C(C)C)NC1=O)c1ccccc1NC2O3. The number of fused-ring (bicyclic) bond motifs is 4. The molecule has 3 amide bonds. The Bertz CT molecular complexity index is 2010. The lowest BCUT2D eigenvalue weighted by molar-refractivity contribution is -0.135. The Morgan fingerprint density at radius 3 is 2.53 bits per heavy atom. The van der Waals surface area contributed by atoms with Crippen molar-refractivity contribution in [3.05, 3.63) is 82.8 Å². The van der Waals surface area contributed by atoms with E-state index < -0.39 is 53.1 Å². The summed E-state index contributed by atoms with van der Waals surface area (Å²) in [6.45, 7) is 13.0. The molecule has 4 bridgehead atoms. The molecule has 5 heterocycles. The lowest BCUT2D eigenvalue weighted by Gasteiger charge is -2.28. The summed E-state index contributed by atoms with van der Waals surface area (Å²) in [4.78, 5) is 49.8. The first-order chi connectivity index (χ1) is 24.1. The van der Waals surface area contributed by atoms with Crippen molar-refractivity contribution in [2.24, 2.45) is 11.8 Å². The number of oxazole rings is 2. The number of benzene rings is 2. The Morgan fingerprint density at radius 2 is 1.80 bits per heavy atom. The highest BCUT2D eigenvalue weighted by Gasteiger charge is 2.57. The molecule has 0 aliphatic carbocycles. The monoisotopic (exact) mass is 696 g/mol. The molecule has 2 aromatic carbocycles. The standard InChI is InChI=1S/C38H44N6O7/c1-18(2)28-35-43-29(34-40-25(17-49-34)32(47)44-37(5,6)7)27(50-35)16-38-21-10-8-9-11-23(21)41-36(38)51-26-13-12-20(14-22(26)38)15-24(31(46)42-28)39-33(48)30(45)19(3)4/h8-14,17-19,24,28,30,36,41,45H,15-16H2,1-7H3,(H,39,48)(H,42,46)(H,44,47)/t24-,28-,30-,36?,38?/m0/s1. The van der Waals surface area contributed by atoms with E-state index in [1.807, 2.05) is 71.0 Å². The van der Waals surface area contributed by atoms with Gasteiger partial charge in [0.25, 0.3) is 5.91 Å². The average Bonchev–Trinajstić information content (AvgIpc) is 3.83. The van der Waals surface area contributed by atoms with Crippen LogP contribution in [-0.2, 0) is 27.8 Å². The minimum absolute atomic E-state index is 0.0869. The smallest absolute Gasteiger partial charge is 0.273 e. The van der Waals surface area contributed by atoms with Gasteiger partial charge in [0.2, 0.25) is 23.6 Å². The molecule has 5 N–H and O–H groups in total. The number of carbonyl (C=O) groups is 3. The fourth-order valence-electron chi connectivity index (χ4n) is 7.09. The van der Waals surface area contributed by atoms with E-state index in [1.165, 1.54) is 6.26 Å². The number of ether oxygens (including phenoxy) is 1. The summed E-state index contributed by atoms with van der Waals surface area (Å²) in [7, 11) is 0. The Balaban J connectivity index is 1.41. The topological polar surface area (TPSA) is 181 Å². The van der Waals surface area contributed by atoms with Crippen molar-refractivity contribution in [3.8, 4) is 17.3 Å². The Kier molecular flexibility index (Phi) is 8.44. The molecule has 51 heavy (non-hydrogen) atoms. The molecule has 2 aromatic heterocycles. The molecular weight excluding hydrogens is 652 g/mol. The van der Waals surface area contributed by atoms with Gasteiger partial charge in [0, 0.05) is 29.6 Å². The molecule has 4 aromatic rings. The molecule has 3 aliphatic heterocycles. The first kappa shape index (κ1) is 34.3. The van der Waals surface area contributed by atoms with Crippen LogP contribution >= 0.6 is 0 Å². The number of anilines is 1. The minimum atomic E-state index is -1.30. The van der Waals surface area contributed by atoms with Gasteiger partial charge in [-0.05, 0) is 55.9 Å². The van der Waals surface area contributed by atoms with Gasteiger partial charge in [0.15, 0.2) is 17.6 Å². The summed E-state index contributed by atoms with van der Waals surface area (Å²) in [5, 5.41) is 22.9. The van der Waals surface area contributed by atoms with Crippen LogP contribution in [0.15, 0.2) is 57.6 Å². The van der Waals surface area contributed by atoms with Gasteiger partial charge < -0.3 is 39.9 Å². The molecular formula is C38H44N6O7. The number of hydrogen-bond donors (Lipinski definition) is 5. The van der Waals surface area contributed by atoms with Gasteiger partial charge in [-0.15, -0.1) is 0 Å². The zero-order valence-electron chi connectivity index (χ0n) is 29.8. The highest BCUT2D eigenvalue weighted by atomic mass is 16.5. The van der Waals surface area contributed by atoms with Crippen LogP contribution in [0.25, 0.3) is 11.6 Å². The van der Waals surface area contributed by atoms with E-state index in [4.69, 9.17) is 18.6 Å². The summed E-state index contributed by atoms with van der Waals surface area (Å²) in [6, 6.07) is 12.0. The van der Waals surface area contributed by atoms with Crippen LogP contribution in [0, 0.1) is 11.8 Å². The molecule has 0 fully saturated rings. The first-order valence-corrected chi connectivity index (χ1v) is 17.4. The Morgan fingerprint density at radius 1 is 1.04 bits per heavy atom. The van der Waals surface area contributed by atoms with Crippen LogP contribution in [0.2, 0.25) is 0 Å². The van der Waals surface area contributed by atoms with Crippen LogP contribution in [0.3, 0.4) is 0 Å². The second kappa shape index (κ2) is 12.6. The van der Waals surface area contributed by atoms with E-state index >= 15 is 0 Å². The van der Waals surface area contributed by atoms with E-state index in [9.17, 15) is 19.5 Å². The Labute approximate surface area is 296 Å². The number of carbonyl (C=O) groups excluding carboxylic acids is 3. The van der Waals surface area contributed by atoms with Gasteiger partial charge in [-0.2, -0.15) is 0 Å². The number of aliphatic hydroxyl groups excluding tert-OH is 1. The molecule has 0 radical (unpaired) electrons. The van der Waals surface area contributed by atoms with Gasteiger partial charge in [0.05, 0.1) is 5.41 Å². The number of rotatable bonds is 6. The Hall–Kier alpha value is -5.17. The predicted molar refractivity (Wildman–Crippen MR) is 187 cm³/mol. The van der Waals surface area contributed by atoms with Crippen molar-refractivity contribution in [1.82, 2.24) is 25.9 Å². The van der Waals surface area contributed by atoms with E-state index in [0.717, 1.165) is 22.4 Å². The van der Waals surface area contributed by atoms with Crippen molar-refractivity contribution >= 4 is 23.4 Å². The number of para-hydroxylation sites is 1. The van der Waals surface area contributed by atoms with E-state index in [1.54, 1.807) is 13.8 Å². The second-order valence-electron chi connectivity index (χ2n) is 15.4. The number of nitrogens with one attached hydrogen (secondary N) is 4. The van der Waals surface area contributed by atoms with Crippen LogP contribution in [0.4, 0.5) is 5.69 Å². The van der Waals surface area contributed by atoms with Crippen molar-refractivity contribution in [2.45, 2.75) is 96.7 Å². The summed E-state index contributed by atoms with van der Waals surface area (Å²) >= 11 is 0. The van der Waals surface area contributed by atoms with Crippen molar-refractivity contribution in [2.75, 3.05) is 5.32 Å². The van der Waals surface area contributed by atoms with Crippen LogP contribution < -0.4 is 26.0 Å². The summed E-state index contributed by atoms with van der Waals surface area (Å²) < 4.78 is 19.1. The van der Waals surface area contributed by atoms with Crippen LogP contribution in [-0.4, -0.2) is 56.7 Å². The molecule has 0 saturated carbocycles. The molecule has 13 nitrogen and oxygen atoms in total. The van der Waals surface area contributed by atoms with Crippen molar-refractivity contribution in [3.63, 3.8) is 0 Å². The zero-order valence-corrected chi connectivity index (χ0v) is 29.8. The van der Waals surface area contributed by atoms with E-state index in [2.05, 4.69) is 32.3 Å². The maximum atomic E-state index is 14.1. The van der Waals surface area contributed by atoms with Crippen LogP contribution in [0.1, 0.15) is 93.3 Å².